The minimum absolute atomic E-state index is 0.754. The standard InChI is InChI=1S/C18H27N5O/c1-14-21-17(13-18(22-14)20-11-12-23(2)3)19-10-9-15-7-5-6-8-16(15)24-4/h5-8,13H,9-12H2,1-4H3,(H2,19,20,21,22). The van der Waals surface area contributed by atoms with Gasteiger partial charge in [0.1, 0.15) is 23.2 Å². The Hall–Kier alpha value is -2.34. The van der Waals surface area contributed by atoms with Gasteiger partial charge in [-0.15, -0.1) is 0 Å². The zero-order chi connectivity index (χ0) is 17.4. The van der Waals surface area contributed by atoms with Crippen LogP contribution in [0.15, 0.2) is 30.3 Å². The van der Waals surface area contributed by atoms with Crippen LogP contribution in [-0.4, -0.2) is 55.7 Å². The lowest BCUT2D eigenvalue weighted by atomic mass is 10.1. The molecule has 0 atom stereocenters. The number of ether oxygens (including phenoxy) is 1. The molecule has 0 radical (unpaired) electrons. The molecule has 0 fully saturated rings. The molecule has 0 saturated heterocycles. The average molecular weight is 329 g/mol. The number of anilines is 2. The lowest BCUT2D eigenvalue weighted by molar-refractivity contribution is 0.410. The quantitative estimate of drug-likeness (QED) is 0.737. The van der Waals surface area contributed by atoms with E-state index in [0.29, 0.717) is 0 Å². The van der Waals surface area contributed by atoms with Crippen molar-refractivity contribution in [2.75, 3.05) is 51.5 Å². The van der Waals surface area contributed by atoms with Crippen molar-refractivity contribution in [2.24, 2.45) is 0 Å². The van der Waals surface area contributed by atoms with Crippen LogP contribution in [0, 0.1) is 6.92 Å². The van der Waals surface area contributed by atoms with E-state index >= 15 is 0 Å². The number of benzene rings is 1. The van der Waals surface area contributed by atoms with E-state index in [1.54, 1.807) is 7.11 Å². The SMILES string of the molecule is COc1ccccc1CCNc1cc(NCCN(C)C)nc(C)n1. The summed E-state index contributed by atoms with van der Waals surface area (Å²) in [4.78, 5) is 11.0. The van der Waals surface area contributed by atoms with Gasteiger partial charge in [0.2, 0.25) is 0 Å². The molecule has 1 heterocycles. The van der Waals surface area contributed by atoms with Crippen molar-refractivity contribution in [1.82, 2.24) is 14.9 Å². The Kier molecular flexibility index (Phi) is 6.81. The summed E-state index contributed by atoms with van der Waals surface area (Å²) >= 11 is 0. The summed E-state index contributed by atoms with van der Waals surface area (Å²) in [7, 11) is 5.81. The molecule has 1 aromatic carbocycles. The number of hydrogen-bond acceptors (Lipinski definition) is 6. The molecule has 6 heteroatoms. The summed E-state index contributed by atoms with van der Waals surface area (Å²) < 4.78 is 5.38. The zero-order valence-corrected chi connectivity index (χ0v) is 15.0. The van der Waals surface area contributed by atoms with E-state index in [1.807, 2.05) is 31.2 Å². The first-order chi connectivity index (χ1) is 11.6. The van der Waals surface area contributed by atoms with Gasteiger partial charge in [-0.05, 0) is 39.1 Å². The molecule has 130 valence electrons. The Bertz CT molecular complexity index is 645. The second-order valence-electron chi connectivity index (χ2n) is 5.90. The number of likely N-dealkylation sites (N-methyl/N-ethyl adjacent to an activating group) is 1. The third-order valence-electron chi connectivity index (χ3n) is 3.60. The molecular weight excluding hydrogens is 302 g/mol. The molecule has 2 N–H and O–H groups in total. The molecule has 0 saturated carbocycles. The first kappa shape index (κ1) is 18.0. The minimum Gasteiger partial charge on any atom is -0.496 e. The minimum atomic E-state index is 0.754. The molecule has 0 aliphatic heterocycles. The maximum Gasteiger partial charge on any atom is 0.131 e. The lowest BCUT2D eigenvalue weighted by Crippen LogP contribution is -2.21. The van der Waals surface area contributed by atoms with Crippen LogP contribution in [0.4, 0.5) is 11.6 Å². The van der Waals surface area contributed by atoms with Crippen LogP contribution in [0.2, 0.25) is 0 Å². The average Bonchev–Trinajstić information content (AvgIpc) is 2.54. The van der Waals surface area contributed by atoms with Crippen molar-refractivity contribution >= 4 is 11.6 Å². The number of para-hydroxylation sites is 1. The van der Waals surface area contributed by atoms with Gasteiger partial charge in [-0.25, -0.2) is 9.97 Å². The third kappa shape index (κ3) is 5.70. The molecule has 0 amide bonds. The number of nitrogens with zero attached hydrogens (tertiary/aromatic N) is 3. The van der Waals surface area contributed by atoms with Crippen LogP contribution in [0.5, 0.6) is 5.75 Å². The van der Waals surface area contributed by atoms with Crippen molar-refractivity contribution in [3.05, 3.63) is 41.7 Å². The molecule has 6 nitrogen and oxygen atoms in total. The van der Waals surface area contributed by atoms with Gasteiger partial charge in [-0.3, -0.25) is 0 Å². The van der Waals surface area contributed by atoms with Crippen molar-refractivity contribution in [3.63, 3.8) is 0 Å². The highest BCUT2D eigenvalue weighted by molar-refractivity contribution is 5.47. The maximum atomic E-state index is 5.38. The maximum absolute atomic E-state index is 5.38. The Morgan fingerprint density at radius 3 is 2.38 bits per heavy atom. The van der Waals surface area contributed by atoms with E-state index in [0.717, 1.165) is 49.3 Å². The molecule has 0 unspecified atom stereocenters. The molecular formula is C18H27N5O. The van der Waals surface area contributed by atoms with Gasteiger partial charge in [0.05, 0.1) is 7.11 Å². The van der Waals surface area contributed by atoms with Crippen LogP contribution in [0.25, 0.3) is 0 Å². The molecule has 0 bridgehead atoms. The first-order valence-electron chi connectivity index (χ1n) is 8.18. The normalized spacial score (nSPS) is 10.7. The Morgan fingerprint density at radius 2 is 1.71 bits per heavy atom. The van der Waals surface area contributed by atoms with Gasteiger partial charge < -0.3 is 20.3 Å². The fraction of sp³-hybridized carbons (Fsp3) is 0.444. The number of methoxy groups -OCH3 is 1. The Labute approximate surface area is 144 Å². The van der Waals surface area contributed by atoms with Crippen LogP contribution in [0.3, 0.4) is 0 Å². The topological polar surface area (TPSA) is 62.3 Å². The van der Waals surface area contributed by atoms with Crippen LogP contribution < -0.4 is 15.4 Å². The molecule has 0 aliphatic carbocycles. The zero-order valence-electron chi connectivity index (χ0n) is 15.0. The van der Waals surface area contributed by atoms with Gasteiger partial charge in [-0.2, -0.15) is 0 Å². The smallest absolute Gasteiger partial charge is 0.131 e. The van der Waals surface area contributed by atoms with E-state index in [4.69, 9.17) is 4.74 Å². The fourth-order valence-electron chi connectivity index (χ4n) is 2.39. The highest BCUT2D eigenvalue weighted by Crippen LogP contribution is 2.18. The fourth-order valence-corrected chi connectivity index (χ4v) is 2.39. The molecule has 0 aliphatic rings. The molecule has 2 rings (SSSR count). The predicted molar refractivity (Wildman–Crippen MR) is 99.0 cm³/mol. The van der Waals surface area contributed by atoms with Gasteiger partial charge >= 0.3 is 0 Å². The van der Waals surface area contributed by atoms with E-state index in [9.17, 15) is 0 Å². The number of rotatable bonds is 9. The summed E-state index contributed by atoms with van der Waals surface area (Å²) in [6, 6.07) is 10.0. The van der Waals surface area contributed by atoms with Crippen molar-refractivity contribution in [3.8, 4) is 5.75 Å². The summed E-state index contributed by atoms with van der Waals surface area (Å²) in [6.45, 7) is 4.50. The van der Waals surface area contributed by atoms with Crippen LogP contribution in [-0.2, 0) is 6.42 Å². The molecule has 1 aromatic heterocycles. The highest BCUT2D eigenvalue weighted by Gasteiger charge is 2.04. The largest absolute Gasteiger partial charge is 0.496 e. The Balaban J connectivity index is 1.91. The highest BCUT2D eigenvalue weighted by atomic mass is 16.5. The van der Waals surface area contributed by atoms with E-state index in [2.05, 4.69) is 45.7 Å². The van der Waals surface area contributed by atoms with E-state index in [1.165, 1.54) is 5.56 Å². The summed E-state index contributed by atoms with van der Waals surface area (Å²) in [5.74, 6) is 3.36. The monoisotopic (exact) mass is 329 g/mol. The van der Waals surface area contributed by atoms with Crippen LogP contribution in [0.1, 0.15) is 11.4 Å². The lowest BCUT2D eigenvalue weighted by Gasteiger charge is -2.13. The second-order valence-corrected chi connectivity index (χ2v) is 5.90. The molecule has 24 heavy (non-hydrogen) atoms. The second kappa shape index (κ2) is 9.08. The number of hydrogen-bond donors (Lipinski definition) is 2. The third-order valence-corrected chi connectivity index (χ3v) is 3.60. The van der Waals surface area contributed by atoms with E-state index in [-0.39, 0.29) is 0 Å². The Morgan fingerprint density at radius 1 is 1.04 bits per heavy atom. The van der Waals surface area contributed by atoms with Gasteiger partial charge in [0.25, 0.3) is 0 Å². The van der Waals surface area contributed by atoms with Crippen molar-refractivity contribution in [2.45, 2.75) is 13.3 Å². The summed E-state index contributed by atoms with van der Waals surface area (Å²) in [5, 5.41) is 6.70. The van der Waals surface area contributed by atoms with E-state index < -0.39 is 0 Å². The number of nitrogens with one attached hydrogen (secondary N) is 2. The van der Waals surface area contributed by atoms with Gasteiger partial charge in [0, 0.05) is 25.7 Å². The van der Waals surface area contributed by atoms with Crippen molar-refractivity contribution < 1.29 is 4.74 Å². The number of aromatic nitrogens is 2. The van der Waals surface area contributed by atoms with Gasteiger partial charge in [0.15, 0.2) is 0 Å². The van der Waals surface area contributed by atoms with Gasteiger partial charge in [-0.1, -0.05) is 18.2 Å². The van der Waals surface area contributed by atoms with Crippen molar-refractivity contribution in [1.29, 1.82) is 0 Å². The van der Waals surface area contributed by atoms with Crippen LogP contribution >= 0.6 is 0 Å². The predicted octanol–water partition coefficient (Wildman–Crippen LogP) is 2.42. The summed E-state index contributed by atoms with van der Waals surface area (Å²) in [5.41, 5.74) is 1.18. The number of aryl methyl sites for hydroxylation is 1. The summed E-state index contributed by atoms with van der Waals surface area (Å²) in [6.07, 6.45) is 0.871. The first-order valence-corrected chi connectivity index (χ1v) is 8.18. The molecule has 2 aromatic rings. The molecule has 0 spiro atoms.